The maximum atomic E-state index is 13.1. The van der Waals surface area contributed by atoms with Crippen molar-refractivity contribution in [3.8, 4) is 11.1 Å². The van der Waals surface area contributed by atoms with Gasteiger partial charge in [-0.15, -0.1) is 10.2 Å². The minimum Gasteiger partial charge on any atom is -0.324 e. The number of aryl methyl sites for hydroxylation is 2. The fourth-order valence-electron chi connectivity index (χ4n) is 4.85. The normalized spacial score (nSPS) is 18.2. The number of hydrogen-bond donors (Lipinski definition) is 2. The van der Waals surface area contributed by atoms with E-state index in [1.165, 1.54) is 6.42 Å². The van der Waals surface area contributed by atoms with Crippen LogP contribution in [0.1, 0.15) is 49.4 Å². The third-order valence-electron chi connectivity index (χ3n) is 6.97. The number of fused-ring (bicyclic) bond motifs is 1. The van der Waals surface area contributed by atoms with Crippen LogP contribution in [0.4, 0.5) is 11.4 Å². The Bertz CT molecular complexity index is 1450. The van der Waals surface area contributed by atoms with Crippen LogP contribution in [0.25, 0.3) is 16.8 Å². The molecule has 0 aromatic carbocycles. The summed E-state index contributed by atoms with van der Waals surface area (Å²) in [5.41, 5.74) is 4.06. The number of pyridine rings is 2. The van der Waals surface area contributed by atoms with Gasteiger partial charge in [-0.25, -0.2) is 0 Å². The van der Waals surface area contributed by atoms with Crippen LogP contribution in [0.3, 0.4) is 0 Å². The van der Waals surface area contributed by atoms with Gasteiger partial charge in [0.05, 0.1) is 36.0 Å². The van der Waals surface area contributed by atoms with Crippen molar-refractivity contribution < 1.29 is 9.59 Å². The molecule has 11 nitrogen and oxygen atoms in total. The van der Waals surface area contributed by atoms with Gasteiger partial charge in [0.15, 0.2) is 5.65 Å². The van der Waals surface area contributed by atoms with E-state index in [4.69, 9.17) is 0 Å². The van der Waals surface area contributed by atoms with Gasteiger partial charge in [0, 0.05) is 37.1 Å². The molecule has 0 aliphatic carbocycles. The fourth-order valence-corrected chi connectivity index (χ4v) is 4.85. The SMILES string of the molecule is Cc1ncc(NC(=O)CN2[C@H](C)CCC[C@@H]2C)cc1NC(=O)c1nnc2cc(-c3cnn(C)c3)ccn12. The van der Waals surface area contributed by atoms with Crippen LogP contribution in [0, 0.1) is 6.92 Å². The van der Waals surface area contributed by atoms with Gasteiger partial charge in [-0.1, -0.05) is 6.42 Å². The molecule has 0 spiro atoms. The van der Waals surface area contributed by atoms with Gasteiger partial charge in [0.1, 0.15) is 0 Å². The second-order valence-electron chi connectivity index (χ2n) is 9.73. The van der Waals surface area contributed by atoms with Crippen LogP contribution in [-0.2, 0) is 11.8 Å². The third-order valence-corrected chi connectivity index (χ3v) is 6.97. The Morgan fingerprint density at radius 1 is 1.05 bits per heavy atom. The molecular weight excluding hydrogens is 470 g/mol. The van der Waals surface area contributed by atoms with Gasteiger partial charge < -0.3 is 10.6 Å². The number of aromatic nitrogens is 6. The van der Waals surface area contributed by atoms with Crippen molar-refractivity contribution >= 4 is 28.8 Å². The standard InChI is InChI=1S/C26H31N9O2/c1-16-6-5-7-17(2)35(16)15-24(36)29-21-11-22(18(3)27-13-21)30-26(37)25-32-31-23-10-19(8-9-34(23)25)20-12-28-33(4)14-20/h8-14,16-17H,5-7,15H2,1-4H3,(H,29,36)(H,30,37)/t16-,17+. The molecule has 5 heterocycles. The molecule has 192 valence electrons. The number of hydrogen-bond acceptors (Lipinski definition) is 7. The van der Waals surface area contributed by atoms with Crippen molar-refractivity contribution in [2.45, 2.75) is 52.1 Å². The van der Waals surface area contributed by atoms with Crippen LogP contribution in [-0.4, -0.2) is 64.7 Å². The summed E-state index contributed by atoms with van der Waals surface area (Å²) in [6.07, 6.45) is 10.4. The number of piperidine rings is 1. The van der Waals surface area contributed by atoms with E-state index >= 15 is 0 Å². The van der Waals surface area contributed by atoms with Gasteiger partial charge in [-0.3, -0.25) is 28.6 Å². The number of nitrogens with one attached hydrogen (secondary N) is 2. The van der Waals surface area contributed by atoms with Gasteiger partial charge in [-0.05, 0) is 57.4 Å². The fraction of sp³-hybridized carbons (Fsp3) is 0.385. The molecular formula is C26H31N9O2. The molecule has 4 aromatic heterocycles. The molecule has 2 atom stereocenters. The molecule has 37 heavy (non-hydrogen) atoms. The molecule has 2 N–H and O–H groups in total. The molecule has 11 heteroatoms. The molecule has 1 aliphatic heterocycles. The second kappa shape index (κ2) is 10.1. The minimum atomic E-state index is -0.425. The Kier molecular flexibility index (Phi) is 6.70. The number of amides is 2. The predicted octanol–water partition coefficient (Wildman–Crippen LogP) is 3.29. The minimum absolute atomic E-state index is 0.101. The van der Waals surface area contributed by atoms with Crippen LogP contribution in [0.15, 0.2) is 43.0 Å². The van der Waals surface area contributed by atoms with Crippen LogP contribution in [0.5, 0.6) is 0 Å². The van der Waals surface area contributed by atoms with Gasteiger partial charge in [0.2, 0.25) is 11.7 Å². The lowest BCUT2D eigenvalue weighted by Crippen LogP contribution is -2.47. The molecule has 1 aliphatic rings. The summed E-state index contributed by atoms with van der Waals surface area (Å²) < 4.78 is 3.36. The zero-order valence-electron chi connectivity index (χ0n) is 21.5. The largest absolute Gasteiger partial charge is 0.324 e. The average molecular weight is 502 g/mol. The van der Waals surface area contributed by atoms with Crippen LogP contribution >= 0.6 is 0 Å². The summed E-state index contributed by atoms with van der Waals surface area (Å²) in [7, 11) is 1.86. The first kappa shape index (κ1) is 24.6. The lowest BCUT2D eigenvalue weighted by molar-refractivity contribution is -0.118. The maximum Gasteiger partial charge on any atom is 0.294 e. The molecule has 0 radical (unpaired) electrons. The second-order valence-corrected chi connectivity index (χ2v) is 9.73. The number of nitrogens with zero attached hydrogens (tertiary/aromatic N) is 7. The predicted molar refractivity (Wildman–Crippen MR) is 140 cm³/mol. The molecule has 0 bridgehead atoms. The van der Waals surface area contributed by atoms with Crippen LogP contribution < -0.4 is 10.6 Å². The molecule has 5 rings (SSSR count). The monoisotopic (exact) mass is 501 g/mol. The number of rotatable bonds is 6. The van der Waals surface area contributed by atoms with Crippen molar-refractivity contribution in [3.05, 3.63) is 54.5 Å². The Hall–Kier alpha value is -4.12. The summed E-state index contributed by atoms with van der Waals surface area (Å²) in [4.78, 5) is 32.5. The van der Waals surface area contributed by atoms with Gasteiger partial charge >= 0.3 is 0 Å². The van der Waals surface area contributed by atoms with E-state index < -0.39 is 5.91 Å². The van der Waals surface area contributed by atoms with Gasteiger partial charge in [0.25, 0.3) is 5.91 Å². The lowest BCUT2D eigenvalue weighted by atomic mass is 9.97. The summed E-state index contributed by atoms with van der Waals surface area (Å²) in [5.74, 6) is -0.378. The summed E-state index contributed by atoms with van der Waals surface area (Å²) in [5, 5.41) is 18.3. The molecule has 1 fully saturated rings. The first-order valence-electron chi connectivity index (χ1n) is 12.5. The Labute approximate surface area is 214 Å². The van der Waals surface area contributed by atoms with Crippen molar-refractivity contribution in [2.75, 3.05) is 17.2 Å². The van der Waals surface area contributed by atoms with E-state index in [0.717, 1.165) is 24.0 Å². The van der Waals surface area contributed by atoms with E-state index in [1.807, 2.05) is 25.4 Å². The molecule has 2 amide bonds. The van der Waals surface area contributed by atoms with E-state index in [-0.39, 0.29) is 11.7 Å². The highest BCUT2D eigenvalue weighted by molar-refractivity contribution is 6.03. The van der Waals surface area contributed by atoms with E-state index in [9.17, 15) is 9.59 Å². The molecule has 0 unspecified atom stereocenters. The van der Waals surface area contributed by atoms with Gasteiger partial charge in [-0.2, -0.15) is 5.10 Å². The highest BCUT2D eigenvalue weighted by Gasteiger charge is 2.26. The lowest BCUT2D eigenvalue weighted by Gasteiger charge is -2.38. The van der Waals surface area contributed by atoms with Crippen molar-refractivity contribution in [3.63, 3.8) is 0 Å². The highest BCUT2D eigenvalue weighted by atomic mass is 16.2. The smallest absolute Gasteiger partial charge is 0.294 e. The Morgan fingerprint density at radius 3 is 2.57 bits per heavy atom. The van der Waals surface area contributed by atoms with E-state index in [0.29, 0.717) is 41.3 Å². The molecule has 4 aromatic rings. The Balaban J connectivity index is 1.29. The topological polar surface area (TPSA) is 122 Å². The average Bonchev–Trinajstić information content (AvgIpc) is 3.49. The van der Waals surface area contributed by atoms with Crippen molar-refractivity contribution in [1.29, 1.82) is 0 Å². The first-order valence-corrected chi connectivity index (χ1v) is 12.5. The Morgan fingerprint density at radius 2 is 1.84 bits per heavy atom. The number of likely N-dealkylation sites (tertiary alicyclic amines) is 1. The zero-order chi connectivity index (χ0) is 26.1. The number of carbonyl (C=O) groups excluding carboxylic acids is 2. The van der Waals surface area contributed by atoms with E-state index in [1.54, 1.807) is 40.7 Å². The summed E-state index contributed by atoms with van der Waals surface area (Å²) in [6, 6.07) is 6.20. The number of carbonyl (C=O) groups is 2. The summed E-state index contributed by atoms with van der Waals surface area (Å²) in [6.45, 7) is 6.45. The third kappa shape index (κ3) is 5.21. The quantitative estimate of drug-likeness (QED) is 0.416. The van der Waals surface area contributed by atoms with Crippen molar-refractivity contribution in [2.24, 2.45) is 7.05 Å². The highest BCUT2D eigenvalue weighted by Crippen LogP contribution is 2.24. The first-order chi connectivity index (χ1) is 17.8. The van der Waals surface area contributed by atoms with E-state index in [2.05, 4.69) is 49.7 Å². The van der Waals surface area contributed by atoms with Crippen molar-refractivity contribution in [1.82, 2.24) is 34.3 Å². The summed E-state index contributed by atoms with van der Waals surface area (Å²) >= 11 is 0. The van der Waals surface area contributed by atoms with Crippen LogP contribution in [0.2, 0.25) is 0 Å². The maximum absolute atomic E-state index is 13.1. The molecule has 1 saturated heterocycles. The molecule has 0 saturated carbocycles. The number of anilines is 2. The zero-order valence-corrected chi connectivity index (χ0v) is 21.5.